The Bertz CT molecular complexity index is 734. The van der Waals surface area contributed by atoms with Crippen LogP contribution in [-0.2, 0) is 4.79 Å². The minimum absolute atomic E-state index is 0.0503. The smallest absolute Gasteiger partial charge is 0.236 e. The maximum Gasteiger partial charge on any atom is 0.236 e. The SMILES string of the molecule is COc1ccc(OC)c(C2C3CCCCC3(O)CCN2CC(=O)N2CCCC2)c1. The summed E-state index contributed by atoms with van der Waals surface area (Å²) in [6.45, 7) is 2.86. The molecule has 3 fully saturated rings. The summed E-state index contributed by atoms with van der Waals surface area (Å²) in [6, 6.07) is 5.81. The Labute approximate surface area is 173 Å². The van der Waals surface area contributed by atoms with E-state index in [4.69, 9.17) is 9.47 Å². The maximum absolute atomic E-state index is 13.0. The topological polar surface area (TPSA) is 62.2 Å². The van der Waals surface area contributed by atoms with Crippen molar-refractivity contribution >= 4 is 5.91 Å². The van der Waals surface area contributed by atoms with Crippen molar-refractivity contribution in [2.75, 3.05) is 40.4 Å². The maximum atomic E-state index is 13.0. The summed E-state index contributed by atoms with van der Waals surface area (Å²) in [5, 5.41) is 11.5. The van der Waals surface area contributed by atoms with E-state index in [-0.39, 0.29) is 17.9 Å². The number of hydrogen-bond acceptors (Lipinski definition) is 5. The molecule has 3 aliphatic rings. The van der Waals surface area contributed by atoms with E-state index in [2.05, 4.69) is 4.90 Å². The highest BCUT2D eigenvalue weighted by molar-refractivity contribution is 5.78. The monoisotopic (exact) mass is 402 g/mol. The molecule has 2 aliphatic heterocycles. The molecular formula is C23H34N2O4. The first-order valence-corrected chi connectivity index (χ1v) is 11.0. The number of piperidine rings is 1. The number of aliphatic hydroxyl groups is 1. The number of likely N-dealkylation sites (tertiary alicyclic amines) is 2. The summed E-state index contributed by atoms with van der Waals surface area (Å²) in [7, 11) is 3.35. The lowest BCUT2D eigenvalue weighted by molar-refractivity contribution is -0.144. The van der Waals surface area contributed by atoms with Crippen LogP contribution in [0.4, 0.5) is 0 Å². The Morgan fingerprint density at radius 3 is 2.62 bits per heavy atom. The molecular weight excluding hydrogens is 368 g/mol. The van der Waals surface area contributed by atoms with Gasteiger partial charge in [-0.25, -0.2) is 0 Å². The molecule has 2 saturated heterocycles. The van der Waals surface area contributed by atoms with Gasteiger partial charge in [-0.1, -0.05) is 12.8 Å². The van der Waals surface area contributed by atoms with E-state index in [1.54, 1.807) is 14.2 Å². The second-order valence-electron chi connectivity index (χ2n) is 8.82. The summed E-state index contributed by atoms with van der Waals surface area (Å²) in [4.78, 5) is 17.2. The van der Waals surface area contributed by atoms with Crippen LogP contribution in [0.3, 0.4) is 0 Å². The van der Waals surface area contributed by atoms with E-state index in [9.17, 15) is 9.90 Å². The lowest BCUT2D eigenvalue weighted by Gasteiger charge is -2.52. The lowest BCUT2D eigenvalue weighted by atomic mass is 9.66. The predicted molar refractivity (Wildman–Crippen MR) is 111 cm³/mol. The molecule has 1 aromatic carbocycles. The third kappa shape index (κ3) is 3.97. The van der Waals surface area contributed by atoms with Gasteiger partial charge in [-0.3, -0.25) is 9.69 Å². The first kappa shape index (κ1) is 20.5. The Morgan fingerprint density at radius 1 is 1.10 bits per heavy atom. The largest absolute Gasteiger partial charge is 0.497 e. The number of methoxy groups -OCH3 is 2. The molecule has 2 heterocycles. The van der Waals surface area contributed by atoms with Crippen LogP contribution in [0.5, 0.6) is 11.5 Å². The molecule has 160 valence electrons. The van der Waals surface area contributed by atoms with Crippen LogP contribution in [0.25, 0.3) is 0 Å². The van der Waals surface area contributed by atoms with Gasteiger partial charge in [0.05, 0.1) is 26.4 Å². The molecule has 3 atom stereocenters. The molecule has 1 aliphatic carbocycles. The molecule has 0 aromatic heterocycles. The molecule has 1 saturated carbocycles. The van der Waals surface area contributed by atoms with Crippen LogP contribution in [0.2, 0.25) is 0 Å². The zero-order chi connectivity index (χ0) is 20.4. The van der Waals surface area contributed by atoms with E-state index in [1.165, 1.54) is 0 Å². The average Bonchev–Trinajstić information content (AvgIpc) is 3.28. The standard InChI is InChI=1S/C23H34N2O4/c1-28-17-8-9-20(29-2)18(15-17)22-19-7-3-4-10-23(19,27)11-14-25(22)16-21(26)24-12-5-6-13-24/h8-9,15,19,22,27H,3-7,10-14,16H2,1-2H3. The van der Waals surface area contributed by atoms with Gasteiger partial charge in [0.1, 0.15) is 11.5 Å². The van der Waals surface area contributed by atoms with Crippen molar-refractivity contribution in [3.63, 3.8) is 0 Å². The number of amides is 1. The van der Waals surface area contributed by atoms with Crippen molar-refractivity contribution in [2.24, 2.45) is 5.92 Å². The van der Waals surface area contributed by atoms with Crippen molar-refractivity contribution in [3.8, 4) is 11.5 Å². The van der Waals surface area contributed by atoms with Crippen molar-refractivity contribution in [3.05, 3.63) is 23.8 Å². The van der Waals surface area contributed by atoms with E-state index in [0.29, 0.717) is 6.54 Å². The summed E-state index contributed by atoms with van der Waals surface area (Å²) >= 11 is 0. The van der Waals surface area contributed by atoms with Crippen LogP contribution < -0.4 is 9.47 Å². The van der Waals surface area contributed by atoms with Gasteiger partial charge in [-0.2, -0.15) is 0 Å². The molecule has 1 aromatic rings. The fourth-order valence-electron chi connectivity index (χ4n) is 5.64. The first-order valence-electron chi connectivity index (χ1n) is 11.0. The Morgan fingerprint density at radius 2 is 1.90 bits per heavy atom. The highest BCUT2D eigenvalue weighted by atomic mass is 16.5. The molecule has 29 heavy (non-hydrogen) atoms. The molecule has 1 N–H and O–H groups in total. The zero-order valence-electron chi connectivity index (χ0n) is 17.7. The van der Waals surface area contributed by atoms with E-state index < -0.39 is 5.60 Å². The van der Waals surface area contributed by atoms with Gasteiger partial charge in [0.25, 0.3) is 0 Å². The molecule has 0 radical (unpaired) electrons. The van der Waals surface area contributed by atoms with Gasteiger partial charge in [-0.15, -0.1) is 0 Å². The minimum Gasteiger partial charge on any atom is -0.497 e. The normalized spacial score (nSPS) is 30.1. The molecule has 0 bridgehead atoms. The molecule has 6 heteroatoms. The number of carbonyl (C=O) groups is 1. The minimum atomic E-state index is -0.663. The van der Waals surface area contributed by atoms with Crippen LogP contribution in [-0.4, -0.2) is 66.8 Å². The Balaban J connectivity index is 1.69. The number of ether oxygens (including phenoxy) is 2. The van der Waals surface area contributed by atoms with Gasteiger partial charge in [-0.05, 0) is 50.3 Å². The Kier molecular flexibility index (Phi) is 6.02. The summed E-state index contributed by atoms with van der Waals surface area (Å²) in [5.74, 6) is 1.87. The molecule has 1 amide bonds. The second-order valence-corrected chi connectivity index (χ2v) is 8.82. The highest BCUT2D eigenvalue weighted by Crippen LogP contribution is 2.51. The number of hydrogen-bond donors (Lipinski definition) is 1. The summed E-state index contributed by atoms with van der Waals surface area (Å²) in [6.07, 6.45) is 6.92. The quantitative estimate of drug-likeness (QED) is 0.820. The molecule has 4 rings (SSSR count). The van der Waals surface area contributed by atoms with Gasteiger partial charge in [0, 0.05) is 37.2 Å². The van der Waals surface area contributed by atoms with Crippen LogP contribution in [0.15, 0.2) is 18.2 Å². The molecule has 0 spiro atoms. The van der Waals surface area contributed by atoms with E-state index >= 15 is 0 Å². The number of carbonyl (C=O) groups excluding carboxylic acids is 1. The van der Waals surface area contributed by atoms with Gasteiger partial charge < -0.3 is 19.5 Å². The molecule has 3 unspecified atom stereocenters. The van der Waals surface area contributed by atoms with Crippen molar-refractivity contribution in [1.82, 2.24) is 9.80 Å². The fourth-order valence-corrected chi connectivity index (χ4v) is 5.64. The first-order chi connectivity index (χ1) is 14.1. The van der Waals surface area contributed by atoms with Crippen LogP contribution in [0, 0.1) is 5.92 Å². The number of rotatable bonds is 5. The average molecular weight is 403 g/mol. The van der Waals surface area contributed by atoms with Crippen molar-refractivity contribution < 1.29 is 19.4 Å². The number of benzene rings is 1. The zero-order valence-corrected chi connectivity index (χ0v) is 17.7. The van der Waals surface area contributed by atoms with Gasteiger partial charge >= 0.3 is 0 Å². The predicted octanol–water partition coefficient (Wildman–Crippen LogP) is 2.99. The highest BCUT2D eigenvalue weighted by Gasteiger charge is 2.50. The third-order valence-electron chi connectivity index (χ3n) is 7.22. The lowest BCUT2D eigenvalue weighted by Crippen LogP contribution is -2.56. The van der Waals surface area contributed by atoms with Crippen LogP contribution in [0.1, 0.15) is 56.6 Å². The van der Waals surface area contributed by atoms with Crippen LogP contribution >= 0.6 is 0 Å². The van der Waals surface area contributed by atoms with E-state index in [1.807, 2.05) is 23.1 Å². The molecule has 6 nitrogen and oxygen atoms in total. The van der Waals surface area contributed by atoms with Gasteiger partial charge in [0.15, 0.2) is 0 Å². The van der Waals surface area contributed by atoms with E-state index in [0.717, 1.165) is 81.6 Å². The van der Waals surface area contributed by atoms with Crippen molar-refractivity contribution in [2.45, 2.75) is 56.6 Å². The summed E-state index contributed by atoms with van der Waals surface area (Å²) in [5.41, 5.74) is 0.357. The van der Waals surface area contributed by atoms with Crippen molar-refractivity contribution in [1.29, 1.82) is 0 Å². The van der Waals surface area contributed by atoms with Gasteiger partial charge in [0.2, 0.25) is 5.91 Å². The summed E-state index contributed by atoms with van der Waals surface area (Å²) < 4.78 is 11.2. The number of fused-ring (bicyclic) bond motifs is 1. The number of nitrogens with zero attached hydrogens (tertiary/aromatic N) is 2. The Hall–Kier alpha value is -1.79. The third-order valence-corrected chi connectivity index (χ3v) is 7.22. The fraction of sp³-hybridized carbons (Fsp3) is 0.696. The second kappa shape index (κ2) is 8.52.